The third-order valence-corrected chi connectivity index (χ3v) is 3.57. The molecule has 0 radical (unpaired) electrons. The predicted octanol–water partition coefficient (Wildman–Crippen LogP) is 1.32. The fourth-order valence-corrected chi connectivity index (χ4v) is 2.48. The van der Waals surface area contributed by atoms with Crippen molar-refractivity contribution >= 4 is 5.69 Å². The lowest BCUT2D eigenvalue weighted by Crippen LogP contribution is -2.29. The van der Waals surface area contributed by atoms with Gasteiger partial charge in [-0.15, -0.1) is 0 Å². The summed E-state index contributed by atoms with van der Waals surface area (Å²) in [5.74, 6) is 0.858. The van der Waals surface area contributed by atoms with Crippen molar-refractivity contribution in [1.82, 2.24) is 4.90 Å². The number of anilines is 1. The fourth-order valence-electron chi connectivity index (χ4n) is 2.48. The molecule has 0 aliphatic carbocycles. The largest absolute Gasteiger partial charge is 0.497 e. The van der Waals surface area contributed by atoms with Crippen LogP contribution in [0, 0.1) is 0 Å². The maximum Gasteiger partial charge on any atom is 0.121 e. The Hall–Kier alpha value is -1.26. The highest BCUT2D eigenvalue weighted by atomic mass is 16.5. The molecular weight excluding hydrogens is 228 g/mol. The molecule has 0 amide bonds. The molecule has 0 unspecified atom stereocenters. The number of ether oxygens (including phenoxy) is 2. The van der Waals surface area contributed by atoms with Gasteiger partial charge in [0.2, 0.25) is 0 Å². The Kier molecular flexibility index (Phi) is 4.44. The molecule has 0 spiro atoms. The van der Waals surface area contributed by atoms with Crippen LogP contribution in [-0.4, -0.2) is 45.4 Å². The van der Waals surface area contributed by atoms with Crippen molar-refractivity contribution in [2.24, 2.45) is 0 Å². The van der Waals surface area contributed by atoms with Crippen molar-refractivity contribution in [1.29, 1.82) is 0 Å². The minimum atomic E-state index is 0.787. The molecule has 2 N–H and O–H groups in total. The summed E-state index contributed by atoms with van der Waals surface area (Å²) < 4.78 is 10.4. The number of fused-ring (bicyclic) bond motifs is 1. The van der Waals surface area contributed by atoms with Crippen molar-refractivity contribution in [3.63, 3.8) is 0 Å². The molecule has 0 saturated heterocycles. The van der Waals surface area contributed by atoms with Crippen LogP contribution in [-0.2, 0) is 17.6 Å². The number of benzene rings is 1. The average Bonchev–Trinajstić information content (AvgIpc) is 2.59. The Morgan fingerprint density at radius 3 is 2.72 bits per heavy atom. The normalized spacial score (nSPS) is 16.1. The molecule has 18 heavy (non-hydrogen) atoms. The van der Waals surface area contributed by atoms with E-state index in [0.29, 0.717) is 0 Å². The van der Waals surface area contributed by atoms with Crippen molar-refractivity contribution in [3.05, 3.63) is 23.3 Å². The van der Waals surface area contributed by atoms with Crippen LogP contribution in [0.3, 0.4) is 0 Å². The van der Waals surface area contributed by atoms with E-state index >= 15 is 0 Å². The van der Waals surface area contributed by atoms with Crippen LogP contribution in [0.4, 0.5) is 5.69 Å². The first-order valence-corrected chi connectivity index (χ1v) is 6.41. The molecule has 0 bridgehead atoms. The molecule has 100 valence electrons. The van der Waals surface area contributed by atoms with Crippen LogP contribution in [0.15, 0.2) is 12.1 Å². The maximum absolute atomic E-state index is 6.11. The highest BCUT2D eigenvalue weighted by Crippen LogP contribution is 2.27. The number of nitrogens with two attached hydrogens (primary N) is 1. The van der Waals surface area contributed by atoms with Crippen LogP contribution < -0.4 is 10.5 Å². The smallest absolute Gasteiger partial charge is 0.121 e. The van der Waals surface area contributed by atoms with Gasteiger partial charge in [-0.25, -0.2) is 0 Å². The summed E-state index contributed by atoms with van der Waals surface area (Å²) in [7, 11) is 3.43. The monoisotopic (exact) mass is 250 g/mol. The van der Waals surface area contributed by atoms with Gasteiger partial charge in [-0.05, 0) is 30.0 Å². The number of methoxy groups -OCH3 is 2. The van der Waals surface area contributed by atoms with Gasteiger partial charge in [0.15, 0.2) is 0 Å². The van der Waals surface area contributed by atoms with E-state index in [9.17, 15) is 0 Å². The highest BCUT2D eigenvalue weighted by Gasteiger charge is 2.16. The van der Waals surface area contributed by atoms with Gasteiger partial charge < -0.3 is 20.1 Å². The molecule has 0 fully saturated rings. The maximum atomic E-state index is 6.11. The molecule has 1 aromatic carbocycles. The molecule has 0 aromatic heterocycles. The average molecular weight is 250 g/mol. The molecular formula is C14H22N2O2. The summed E-state index contributed by atoms with van der Waals surface area (Å²) in [6, 6.07) is 4.04. The lowest BCUT2D eigenvalue weighted by atomic mass is 10.0. The SMILES string of the molecule is COCCN1CCc2cc(OC)cc(N)c2CC1. The minimum absolute atomic E-state index is 0.787. The standard InChI is InChI=1S/C14H22N2O2/c1-17-8-7-16-5-3-11-9-12(18-2)10-14(15)13(11)4-6-16/h9-10H,3-8,15H2,1-2H3. The van der Waals surface area contributed by atoms with E-state index in [-0.39, 0.29) is 0 Å². The lowest BCUT2D eigenvalue weighted by Gasteiger charge is -2.18. The number of rotatable bonds is 4. The Balaban J connectivity index is 2.12. The quantitative estimate of drug-likeness (QED) is 0.819. The molecule has 2 rings (SSSR count). The zero-order valence-electron chi connectivity index (χ0n) is 11.2. The van der Waals surface area contributed by atoms with E-state index in [2.05, 4.69) is 11.0 Å². The van der Waals surface area contributed by atoms with Crippen molar-refractivity contribution < 1.29 is 9.47 Å². The molecule has 0 saturated carbocycles. The Bertz CT molecular complexity index is 407. The van der Waals surface area contributed by atoms with E-state index in [1.54, 1.807) is 14.2 Å². The first kappa shape index (κ1) is 13.2. The lowest BCUT2D eigenvalue weighted by molar-refractivity contribution is 0.150. The summed E-state index contributed by atoms with van der Waals surface area (Å²) in [6.45, 7) is 3.88. The molecule has 4 nitrogen and oxygen atoms in total. The van der Waals surface area contributed by atoms with Gasteiger partial charge in [-0.1, -0.05) is 0 Å². The van der Waals surface area contributed by atoms with Crippen LogP contribution in [0.25, 0.3) is 0 Å². The van der Waals surface area contributed by atoms with Gasteiger partial charge in [0.1, 0.15) is 5.75 Å². The zero-order valence-corrected chi connectivity index (χ0v) is 11.2. The third kappa shape index (κ3) is 2.94. The molecule has 1 aliphatic heterocycles. The summed E-state index contributed by atoms with van der Waals surface area (Å²) >= 11 is 0. The van der Waals surface area contributed by atoms with Gasteiger partial charge in [-0.2, -0.15) is 0 Å². The number of nitrogens with zero attached hydrogens (tertiary/aromatic N) is 1. The van der Waals surface area contributed by atoms with Crippen LogP contribution in [0.1, 0.15) is 11.1 Å². The van der Waals surface area contributed by atoms with Crippen LogP contribution >= 0.6 is 0 Å². The molecule has 1 aromatic rings. The highest BCUT2D eigenvalue weighted by molar-refractivity contribution is 5.56. The summed E-state index contributed by atoms with van der Waals surface area (Å²) in [5.41, 5.74) is 9.58. The van der Waals surface area contributed by atoms with Gasteiger partial charge >= 0.3 is 0 Å². The van der Waals surface area contributed by atoms with Crippen molar-refractivity contribution in [3.8, 4) is 5.75 Å². The first-order chi connectivity index (χ1) is 8.74. The molecule has 1 aliphatic rings. The van der Waals surface area contributed by atoms with Gasteiger partial charge in [0.05, 0.1) is 13.7 Å². The van der Waals surface area contributed by atoms with Gasteiger partial charge in [-0.3, -0.25) is 0 Å². The second kappa shape index (κ2) is 6.07. The summed E-state index contributed by atoms with van der Waals surface area (Å²) in [5, 5.41) is 0. The second-order valence-electron chi connectivity index (χ2n) is 4.69. The fraction of sp³-hybridized carbons (Fsp3) is 0.571. The van der Waals surface area contributed by atoms with Crippen molar-refractivity contribution in [2.75, 3.05) is 46.2 Å². The first-order valence-electron chi connectivity index (χ1n) is 6.41. The Morgan fingerprint density at radius 1 is 1.22 bits per heavy atom. The topological polar surface area (TPSA) is 47.7 Å². The summed E-state index contributed by atoms with van der Waals surface area (Å²) in [6.07, 6.45) is 2.04. The number of nitrogen functional groups attached to an aromatic ring is 1. The van der Waals surface area contributed by atoms with E-state index in [1.807, 2.05) is 6.07 Å². The Morgan fingerprint density at radius 2 is 2.00 bits per heavy atom. The molecule has 0 atom stereocenters. The summed E-state index contributed by atoms with van der Waals surface area (Å²) in [4.78, 5) is 2.43. The third-order valence-electron chi connectivity index (χ3n) is 3.57. The zero-order chi connectivity index (χ0) is 13.0. The van der Waals surface area contributed by atoms with Crippen molar-refractivity contribution in [2.45, 2.75) is 12.8 Å². The number of hydrogen-bond donors (Lipinski definition) is 1. The van der Waals surface area contributed by atoms with Gasteiger partial charge in [0, 0.05) is 38.5 Å². The Labute approximate surface area is 109 Å². The van der Waals surface area contributed by atoms with Crippen LogP contribution in [0.2, 0.25) is 0 Å². The van der Waals surface area contributed by atoms with Gasteiger partial charge in [0.25, 0.3) is 0 Å². The predicted molar refractivity (Wildman–Crippen MR) is 73.1 cm³/mol. The van der Waals surface area contributed by atoms with E-state index < -0.39 is 0 Å². The van der Waals surface area contributed by atoms with Crippen LogP contribution in [0.5, 0.6) is 5.75 Å². The molecule has 1 heterocycles. The van der Waals surface area contributed by atoms with E-state index in [1.165, 1.54) is 11.1 Å². The number of hydrogen-bond acceptors (Lipinski definition) is 4. The second-order valence-corrected chi connectivity index (χ2v) is 4.69. The van der Waals surface area contributed by atoms with E-state index in [4.69, 9.17) is 15.2 Å². The minimum Gasteiger partial charge on any atom is -0.497 e. The van der Waals surface area contributed by atoms with E-state index in [0.717, 1.165) is 50.5 Å². The molecule has 4 heteroatoms.